The van der Waals surface area contributed by atoms with Crippen LogP contribution in [0.25, 0.3) is 33.6 Å². The van der Waals surface area contributed by atoms with Crippen molar-refractivity contribution in [1.29, 1.82) is 0 Å². The number of aryl methyl sites for hydroxylation is 2. The molecule has 9 heteroatoms. The molecule has 8 nitrogen and oxygen atoms in total. The second kappa shape index (κ2) is 13.5. The molecule has 0 radical (unpaired) electrons. The third kappa shape index (κ3) is 7.27. The molecular formula is C33H33KN4O4. The predicted molar refractivity (Wildman–Crippen MR) is 157 cm³/mol. The average molecular weight is 589 g/mol. The van der Waals surface area contributed by atoms with Gasteiger partial charge in [-0.05, 0) is 68.5 Å². The molecular weight excluding hydrogens is 555 g/mol. The molecule has 5 aromatic rings. The summed E-state index contributed by atoms with van der Waals surface area (Å²) in [6, 6.07) is 23.2. The van der Waals surface area contributed by atoms with Gasteiger partial charge in [0.2, 0.25) is 0 Å². The Morgan fingerprint density at radius 1 is 0.905 bits per heavy atom. The van der Waals surface area contributed by atoms with Crippen molar-refractivity contribution >= 4 is 0 Å². The largest absolute Gasteiger partial charge is 1.00 e. The van der Waals surface area contributed by atoms with Gasteiger partial charge in [0.15, 0.2) is 11.9 Å². The molecule has 42 heavy (non-hydrogen) atoms. The van der Waals surface area contributed by atoms with Gasteiger partial charge in [0.25, 0.3) is 5.56 Å². The first-order chi connectivity index (χ1) is 19.6. The van der Waals surface area contributed by atoms with E-state index in [-0.39, 0.29) is 68.4 Å². The van der Waals surface area contributed by atoms with Gasteiger partial charge in [0.05, 0.1) is 17.8 Å². The summed E-state index contributed by atoms with van der Waals surface area (Å²) in [6.07, 6.45) is 0.854. The molecule has 0 fully saturated rings. The quantitative estimate of drug-likeness (QED) is 0.256. The molecule has 0 aliphatic carbocycles. The SMILES string of the molecule is CCCc1nc(C)c(-c2ccc(OC(C)(C)C)cc2)c(=O)n1Cc1ccc(-c2ccccc2-c2noc([O-])n2)cc1.[K+]. The summed E-state index contributed by atoms with van der Waals surface area (Å²) in [5.74, 6) is 1.78. The van der Waals surface area contributed by atoms with Crippen molar-refractivity contribution in [2.45, 2.75) is 59.6 Å². The van der Waals surface area contributed by atoms with E-state index in [9.17, 15) is 9.90 Å². The minimum Gasteiger partial charge on any atom is -0.528 e. The van der Waals surface area contributed by atoms with Crippen molar-refractivity contribution in [2.24, 2.45) is 0 Å². The third-order valence-corrected chi connectivity index (χ3v) is 6.65. The van der Waals surface area contributed by atoms with Crippen LogP contribution in [0.2, 0.25) is 0 Å². The smallest absolute Gasteiger partial charge is 0.528 e. The van der Waals surface area contributed by atoms with Gasteiger partial charge in [-0.1, -0.05) is 67.6 Å². The molecule has 5 rings (SSSR count). The van der Waals surface area contributed by atoms with Crippen molar-refractivity contribution < 1.29 is 65.8 Å². The van der Waals surface area contributed by atoms with Crippen LogP contribution in [0.15, 0.2) is 82.1 Å². The van der Waals surface area contributed by atoms with Gasteiger partial charge < -0.3 is 14.4 Å². The molecule has 0 aliphatic rings. The normalized spacial score (nSPS) is 11.3. The first-order valence-electron chi connectivity index (χ1n) is 13.7. The maximum absolute atomic E-state index is 13.9. The van der Waals surface area contributed by atoms with Gasteiger partial charge in [-0.2, -0.15) is 5.16 Å². The Bertz CT molecular complexity index is 1720. The number of hydrogen-bond donors (Lipinski definition) is 0. The molecule has 0 saturated heterocycles. The molecule has 0 saturated carbocycles. The molecule has 0 N–H and O–H groups in total. The minimum absolute atomic E-state index is 0. The van der Waals surface area contributed by atoms with Crippen LogP contribution in [0.4, 0.5) is 0 Å². The van der Waals surface area contributed by atoms with E-state index in [0.717, 1.165) is 40.2 Å². The Balaban J connectivity index is 0.00000405. The summed E-state index contributed by atoms with van der Waals surface area (Å²) in [7, 11) is 0. The second-order valence-electron chi connectivity index (χ2n) is 11.0. The van der Waals surface area contributed by atoms with E-state index in [2.05, 4.69) is 21.6 Å². The Kier molecular flexibility index (Phi) is 10.2. The monoisotopic (exact) mass is 588 g/mol. The van der Waals surface area contributed by atoms with Gasteiger partial charge in [-0.3, -0.25) is 9.36 Å². The Morgan fingerprint density at radius 3 is 2.14 bits per heavy atom. The van der Waals surface area contributed by atoms with Crippen LogP contribution in [0.3, 0.4) is 0 Å². The summed E-state index contributed by atoms with van der Waals surface area (Å²) in [5.41, 5.74) is 5.24. The van der Waals surface area contributed by atoms with E-state index >= 15 is 0 Å². The van der Waals surface area contributed by atoms with Gasteiger partial charge >= 0.3 is 51.4 Å². The van der Waals surface area contributed by atoms with E-state index in [1.807, 2.05) is 100 Å². The minimum atomic E-state index is -0.723. The topological polar surface area (TPSA) is 106 Å². The number of aromatic nitrogens is 4. The second-order valence-corrected chi connectivity index (χ2v) is 11.0. The zero-order chi connectivity index (χ0) is 29.1. The molecule has 0 amide bonds. The fourth-order valence-electron chi connectivity index (χ4n) is 4.89. The van der Waals surface area contributed by atoms with Crippen LogP contribution >= 0.6 is 0 Å². The van der Waals surface area contributed by atoms with E-state index < -0.39 is 6.08 Å². The molecule has 210 valence electrons. The number of rotatable bonds is 8. The standard InChI is InChI=1S/C33H34N4O4.K/c1-6-9-28-34-21(2)29(24-16-18-25(19-17-24)40-33(3,4)5)31(38)37(28)20-22-12-14-23(15-13-22)26-10-7-8-11-27(26)30-35-32(39)41-36-30;/h7-8,10-19H,6,9,20H2,1-5H3,(H,35,36,39);/q;+1/p-1. The maximum atomic E-state index is 13.9. The molecule has 0 bridgehead atoms. The molecule has 2 heterocycles. The van der Waals surface area contributed by atoms with Gasteiger partial charge in [0, 0.05) is 12.0 Å². The van der Waals surface area contributed by atoms with Gasteiger partial charge in [-0.15, -0.1) is 0 Å². The van der Waals surface area contributed by atoms with Crippen molar-refractivity contribution in [3.05, 3.63) is 100 Å². The molecule has 2 aromatic heterocycles. The van der Waals surface area contributed by atoms with Crippen LogP contribution in [-0.2, 0) is 13.0 Å². The van der Waals surface area contributed by atoms with E-state index in [1.165, 1.54) is 0 Å². The molecule has 0 unspecified atom stereocenters. The number of hydrogen-bond acceptors (Lipinski definition) is 7. The van der Waals surface area contributed by atoms with Crippen molar-refractivity contribution in [3.63, 3.8) is 0 Å². The van der Waals surface area contributed by atoms with Crippen LogP contribution in [0.5, 0.6) is 11.8 Å². The van der Waals surface area contributed by atoms with Crippen molar-refractivity contribution in [1.82, 2.24) is 19.7 Å². The summed E-state index contributed by atoms with van der Waals surface area (Å²) in [4.78, 5) is 22.7. The average Bonchev–Trinajstić information content (AvgIpc) is 3.37. The van der Waals surface area contributed by atoms with Gasteiger partial charge in [-0.25, -0.2) is 9.97 Å². The third-order valence-electron chi connectivity index (χ3n) is 6.65. The van der Waals surface area contributed by atoms with E-state index in [1.54, 1.807) is 4.57 Å². The van der Waals surface area contributed by atoms with E-state index in [4.69, 9.17) is 9.72 Å². The van der Waals surface area contributed by atoms with Gasteiger partial charge in [0.1, 0.15) is 17.2 Å². The molecule has 0 spiro atoms. The van der Waals surface area contributed by atoms with Crippen molar-refractivity contribution in [2.75, 3.05) is 0 Å². The Hall–Kier alpha value is -3.08. The summed E-state index contributed by atoms with van der Waals surface area (Å²) in [6.45, 7) is 10.4. The maximum Gasteiger partial charge on any atom is 1.00 e. The fraction of sp³-hybridized carbons (Fsp3) is 0.273. The summed E-state index contributed by atoms with van der Waals surface area (Å²) >= 11 is 0. The molecule has 0 atom stereocenters. The Labute approximate surface area is 288 Å². The van der Waals surface area contributed by atoms with Crippen LogP contribution in [0.1, 0.15) is 51.2 Å². The first-order valence-corrected chi connectivity index (χ1v) is 13.7. The number of benzene rings is 3. The Morgan fingerprint density at radius 2 is 1.55 bits per heavy atom. The summed E-state index contributed by atoms with van der Waals surface area (Å²) in [5, 5.41) is 15.2. The number of nitrogens with zero attached hydrogens (tertiary/aromatic N) is 4. The summed E-state index contributed by atoms with van der Waals surface area (Å²) < 4.78 is 12.4. The van der Waals surface area contributed by atoms with E-state index in [0.29, 0.717) is 29.8 Å². The molecule has 3 aromatic carbocycles. The fourth-order valence-corrected chi connectivity index (χ4v) is 4.89. The predicted octanol–water partition coefficient (Wildman–Crippen LogP) is 3.19. The van der Waals surface area contributed by atoms with Crippen molar-refractivity contribution in [3.8, 4) is 45.5 Å². The first kappa shape index (κ1) is 31.8. The van der Waals surface area contributed by atoms with Crippen LogP contribution in [-0.4, -0.2) is 25.3 Å². The number of ether oxygens (including phenoxy) is 1. The molecule has 0 aliphatic heterocycles. The van der Waals surface area contributed by atoms with Crippen LogP contribution < -0.4 is 66.8 Å². The zero-order valence-corrected chi connectivity index (χ0v) is 28.1. The zero-order valence-electron chi connectivity index (χ0n) is 25.0. The van der Waals surface area contributed by atoms with Crippen LogP contribution in [0, 0.1) is 6.92 Å².